The van der Waals surface area contributed by atoms with Crippen LogP contribution in [0.15, 0.2) is 60.7 Å². The van der Waals surface area contributed by atoms with E-state index in [9.17, 15) is 14.4 Å². The van der Waals surface area contributed by atoms with Crippen molar-refractivity contribution in [3.63, 3.8) is 0 Å². The molecule has 0 amide bonds. The van der Waals surface area contributed by atoms with E-state index in [0.717, 1.165) is 17.7 Å². The van der Waals surface area contributed by atoms with E-state index in [-0.39, 0.29) is 5.97 Å². The highest BCUT2D eigenvalue weighted by atomic mass is 16.6. The lowest BCUT2D eigenvalue weighted by molar-refractivity contribution is -0.150. The Morgan fingerprint density at radius 1 is 1.05 bits per heavy atom. The molecule has 0 radical (unpaired) electrons. The smallest absolute Gasteiger partial charge is 0.338 e. The summed E-state index contributed by atoms with van der Waals surface area (Å²) in [6, 6.07) is 9.86. The van der Waals surface area contributed by atoms with Gasteiger partial charge >= 0.3 is 17.9 Å². The zero-order valence-corrected chi connectivity index (χ0v) is 11.4. The Morgan fingerprint density at radius 3 is 2.14 bits per heavy atom. The summed E-state index contributed by atoms with van der Waals surface area (Å²) < 4.78 is 8.42. The number of carbonyl (C=O) groups is 3. The maximum Gasteiger partial charge on any atom is 0.338 e. The molecule has 21 heavy (non-hydrogen) atoms. The highest BCUT2D eigenvalue weighted by molar-refractivity contribution is 6.04. The van der Waals surface area contributed by atoms with E-state index in [0.29, 0.717) is 0 Å². The largest absolute Gasteiger partial charge is 0.466 e. The van der Waals surface area contributed by atoms with Gasteiger partial charge in [-0.25, -0.2) is 14.4 Å². The molecule has 1 aromatic carbocycles. The standard InChI is InChI=1S/C12H12O2.C4H2O3/c1-14-12(13)10-6-5-9-11-7-3-2-4-8-11;5-3-1-2-4(6)7-3/h2-10H,1H3;1-2H. The average Bonchev–Trinajstić information content (AvgIpc) is 2.88. The van der Waals surface area contributed by atoms with Crippen molar-refractivity contribution in [3.8, 4) is 0 Å². The van der Waals surface area contributed by atoms with Gasteiger partial charge in [-0.3, -0.25) is 0 Å². The van der Waals surface area contributed by atoms with Crippen LogP contribution >= 0.6 is 0 Å². The Bertz CT molecular complexity index is 566. The zero-order valence-electron chi connectivity index (χ0n) is 11.4. The first-order chi connectivity index (χ1) is 10.1. The van der Waals surface area contributed by atoms with Crippen LogP contribution in [0.5, 0.6) is 0 Å². The Labute approximate surface area is 122 Å². The number of carbonyl (C=O) groups excluding carboxylic acids is 3. The molecule has 1 aromatic rings. The third-order valence-electron chi connectivity index (χ3n) is 2.19. The van der Waals surface area contributed by atoms with Gasteiger partial charge in [0.05, 0.1) is 7.11 Å². The predicted octanol–water partition coefficient (Wildman–Crippen LogP) is 2.05. The highest BCUT2D eigenvalue weighted by Crippen LogP contribution is 2.00. The molecule has 5 nitrogen and oxygen atoms in total. The third-order valence-corrected chi connectivity index (χ3v) is 2.19. The van der Waals surface area contributed by atoms with Gasteiger partial charge in [-0.15, -0.1) is 0 Å². The highest BCUT2D eigenvalue weighted by Gasteiger charge is 2.10. The third kappa shape index (κ3) is 7.27. The van der Waals surface area contributed by atoms with Crippen LogP contribution in [0.4, 0.5) is 0 Å². The van der Waals surface area contributed by atoms with E-state index < -0.39 is 11.9 Å². The number of cyclic esters (lactones) is 2. The molecule has 0 aliphatic carbocycles. The van der Waals surface area contributed by atoms with Crippen LogP contribution in [0.25, 0.3) is 6.08 Å². The van der Waals surface area contributed by atoms with Crippen LogP contribution in [-0.2, 0) is 23.9 Å². The van der Waals surface area contributed by atoms with Crippen molar-refractivity contribution in [3.05, 3.63) is 66.3 Å². The number of hydrogen-bond donors (Lipinski definition) is 0. The monoisotopic (exact) mass is 286 g/mol. The summed E-state index contributed by atoms with van der Waals surface area (Å²) >= 11 is 0. The summed E-state index contributed by atoms with van der Waals surface area (Å²) in [7, 11) is 1.35. The van der Waals surface area contributed by atoms with E-state index >= 15 is 0 Å². The number of esters is 3. The molecule has 0 unspecified atom stereocenters. The number of allylic oxidation sites excluding steroid dienone is 2. The minimum atomic E-state index is -0.579. The fourth-order valence-corrected chi connectivity index (χ4v) is 1.24. The van der Waals surface area contributed by atoms with Gasteiger partial charge in [0.1, 0.15) is 0 Å². The van der Waals surface area contributed by atoms with Crippen molar-refractivity contribution in [1.29, 1.82) is 0 Å². The SMILES string of the molecule is COC(=O)C=CC=Cc1ccccc1.O=C1C=CC(=O)O1. The molecule has 0 saturated carbocycles. The fraction of sp³-hybridized carbons (Fsp3) is 0.0625. The van der Waals surface area contributed by atoms with Crippen LogP contribution < -0.4 is 0 Å². The van der Waals surface area contributed by atoms with Crippen molar-refractivity contribution in [2.24, 2.45) is 0 Å². The fourth-order valence-electron chi connectivity index (χ4n) is 1.24. The van der Waals surface area contributed by atoms with Gasteiger partial charge in [-0.1, -0.05) is 48.6 Å². The van der Waals surface area contributed by atoms with Crippen LogP contribution in [0.3, 0.4) is 0 Å². The molecule has 0 spiro atoms. The van der Waals surface area contributed by atoms with Crippen LogP contribution in [0.1, 0.15) is 5.56 Å². The Hall–Kier alpha value is -2.95. The first-order valence-corrected chi connectivity index (χ1v) is 6.03. The molecule has 1 aliphatic rings. The summed E-state index contributed by atoms with van der Waals surface area (Å²) in [5.74, 6) is -1.50. The molecule has 0 atom stereocenters. The average molecular weight is 286 g/mol. The van der Waals surface area contributed by atoms with Crippen LogP contribution in [-0.4, -0.2) is 25.0 Å². The first kappa shape index (κ1) is 16.1. The topological polar surface area (TPSA) is 69.7 Å². The lowest BCUT2D eigenvalue weighted by Crippen LogP contribution is -1.96. The molecular formula is C16H14O5. The second-order valence-corrected chi connectivity index (χ2v) is 3.73. The summed E-state index contributed by atoms with van der Waals surface area (Å²) in [4.78, 5) is 30.5. The molecule has 5 heteroatoms. The number of hydrogen-bond acceptors (Lipinski definition) is 5. The predicted molar refractivity (Wildman–Crippen MR) is 76.9 cm³/mol. The second-order valence-electron chi connectivity index (χ2n) is 3.73. The zero-order chi connectivity index (χ0) is 15.5. The van der Waals surface area contributed by atoms with Gasteiger partial charge in [-0.05, 0) is 5.56 Å². The molecule has 2 rings (SSSR count). The normalized spacial score (nSPS) is 13.2. The van der Waals surface area contributed by atoms with Gasteiger partial charge in [-0.2, -0.15) is 0 Å². The van der Waals surface area contributed by atoms with Gasteiger partial charge < -0.3 is 9.47 Å². The first-order valence-electron chi connectivity index (χ1n) is 6.03. The van der Waals surface area contributed by atoms with Crippen molar-refractivity contribution in [2.45, 2.75) is 0 Å². The minimum absolute atomic E-state index is 0.345. The Kier molecular flexibility index (Phi) is 6.93. The molecule has 1 heterocycles. The molecule has 0 fully saturated rings. The molecular weight excluding hydrogens is 272 g/mol. The Morgan fingerprint density at radius 2 is 1.67 bits per heavy atom. The summed E-state index contributed by atoms with van der Waals surface area (Å²) in [5.41, 5.74) is 1.10. The molecule has 0 aromatic heterocycles. The number of rotatable bonds is 3. The van der Waals surface area contributed by atoms with Crippen LogP contribution in [0, 0.1) is 0 Å². The molecule has 1 aliphatic heterocycles. The van der Waals surface area contributed by atoms with Crippen molar-refractivity contribution < 1.29 is 23.9 Å². The second kappa shape index (κ2) is 9.03. The van der Waals surface area contributed by atoms with Crippen molar-refractivity contribution in [1.82, 2.24) is 0 Å². The number of ether oxygens (including phenoxy) is 2. The van der Waals surface area contributed by atoms with E-state index in [1.807, 2.05) is 36.4 Å². The van der Waals surface area contributed by atoms with Crippen molar-refractivity contribution >= 4 is 24.0 Å². The minimum Gasteiger partial charge on any atom is -0.466 e. The number of benzene rings is 1. The summed E-state index contributed by atoms with van der Waals surface area (Å²) in [6.07, 6.45) is 8.91. The summed E-state index contributed by atoms with van der Waals surface area (Å²) in [6.45, 7) is 0. The molecule has 0 saturated heterocycles. The molecule has 0 N–H and O–H groups in total. The summed E-state index contributed by atoms with van der Waals surface area (Å²) in [5, 5.41) is 0. The van der Waals surface area contributed by atoms with E-state index in [4.69, 9.17) is 0 Å². The van der Waals surface area contributed by atoms with E-state index in [1.54, 1.807) is 12.2 Å². The van der Waals surface area contributed by atoms with Gasteiger partial charge in [0.15, 0.2) is 0 Å². The maximum atomic E-state index is 10.7. The van der Waals surface area contributed by atoms with E-state index in [2.05, 4.69) is 9.47 Å². The van der Waals surface area contributed by atoms with Gasteiger partial charge in [0, 0.05) is 18.2 Å². The number of methoxy groups -OCH3 is 1. The van der Waals surface area contributed by atoms with E-state index in [1.165, 1.54) is 13.2 Å². The van der Waals surface area contributed by atoms with Gasteiger partial charge in [0.2, 0.25) is 0 Å². The molecule has 108 valence electrons. The lowest BCUT2D eigenvalue weighted by atomic mass is 10.2. The maximum absolute atomic E-state index is 10.7. The quantitative estimate of drug-likeness (QED) is 0.368. The van der Waals surface area contributed by atoms with Gasteiger partial charge in [0.25, 0.3) is 0 Å². The van der Waals surface area contributed by atoms with Crippen molar-refractivity contribution in [2.75, 3.05) is 7.11 Å². The molecule has 0 bridgehead atoms. The lowest BCUT2D eigenvalue weighted by Gasteiger charge is -1.89. The Balaban J connectivity index is 0.000000262. The van der Waals surface area contributed by atoms with Crippen LogP contribution in [0.2, 0.25) is 0 Å².